The summed E-state index contributed by atoms with van der Waals surface area (Å²) in [5, 5.41) is 2.53. The second-order valence-corrected chi connectivity index (χ2v) is 9.74. The van der Waals surface area contributed by atoms with Crippen molar-refractivity contribution < 1.29 is 13.9 Å². The summed E-state index contributed by atoms with van der Waals surface area (Å²) < 4.78 is 19.1. The molecule has 0 bridgehead atoms. The Labute approximate surface area is 186 Å². The predicted molar refractivity (Wildman–Crippen MR) is 123 cm³/mol. The number of nitrogens with zero attached hydrogens (tertiary/aromatic N) is 2. The van der Waals surface area contributed by atoms with Gasteiger partial charge in [0.2, 0.25) is 0 Å². The maximum Gasteiger partial charge on any atom is 0.260 e. The summed E-state index contributed by atoms with van der Waals surface area (Å²) in [6, 6.07) is 14.0. The van der Waals surface area contributed by atoms with Crippen molar-refractivity contribution in [2.75, 3.05) is 18.1 Å². The van der Waals surface area contributed by atoms with Crippen LogP contribution in [0.2, 0.25) is 0 Å². The van der Waals surface area contributed by atoms with Gasteiger partial charge in [0.05, 0.1) is 18.3 Å². The molecule has 1 aliphatic heterocycles. The summed E-state index contributed by atoms with van der Waals surface area (Å²) in [5.41, 5.74) is 3.39. The molecule has 0 saturated carbocycles. The van der Waals surface area contributed by atoms with Crippen molar-refractivity contribution in [3.05, 3.63) is 70.9 Å². The minimum Gasteiger partial charge on any atom is -0.376 e. The summed E-state index contributed by atoms with van der Waals surface area (Å²) in [7, 11) is 0. The molecule has 162 valence electrons. The number of benzene rings is 2. The van der Waals surface area contributed by atoms with Crippen molar-refractivity contribution in [3.63, 3.8) is 0 Å². The lowest BCUT2D eigenvalue weighted by Crippen LogP contribution is -2.37. The summed E-state index contributed by atoms with van der Waals surface area (Å²) in [6.07, 6.45) is 1.95. The van der Waals surface area contributed by atoms with E-state index in [1.807, 2.05) is 29.6 Å². The molecule has 1 aliphatic rings. The minimum atomic E-state index is -0.284. The zero-order valence-electron chi connectivity index (χ0n) is 18.1. The van der Waals surface area contributed by atoms with E-state index in [0.717, 1.165) is 30.7 Å². The van der Waals surface area contributed by atoms with Crippen molar-refractivity contribution in [3.8, 4) is 11.3 Å². The fraction of sp³-hybridized carbons (Fsp3) is 0.360. The van der Waals surface area contributed by atoms with Crippen molar-refractivity contribution in [1.29, 1.82) is 0 Å². The highest BCUT2D eigenvalue weighted by Crippen LogP contribution is 2.30. The Morgan fingerprint density at radius 1 is 1.16 bits per heavy atom. The van der Waals surface area contributed by atoms with E-state index in [0.29, 0.717) is 17.2 Å². The Balaban J connectivity index is 1.62. The number of ether oxygens (including phenoxy) is 1. The molecule has 3 aromatic rings. The fourth-order valence-corrected chi connectivity index (χ4v) is 4.49. The molecule has 1 fully saturated rings. The van der Waals surface area contributed by atoms with Crippen LogP contribution in [-0.2, 0) is 10.2 Å². The van der Waals surface area contributed by atoms with Crippen LogP contribution in [0.4, 0.5) is 9.52 Å². The first-order chi connectivity index (χ1) is 14.8. The Bertz CT molecular complexity index is 1030. The Morgan fingerprint density at radius 2 is 1.87 bits per heavy atom. The molecule has 0 spiro atoms. The van der Waals surface area contributed by atoms with Gasteiger partial charge in [-0.15, -0.1) is 11.3 Å². The largest absolute Gasteiger partial charge is 0.376 e. The van der Waals surface area contributed by atoms with E-state index in [9.17, 15) is 9.18 Å². The van der Waals surface area contributed by atoms with Gasteiger partial charge in [-0.2, -0.15) is 0 Å². The van der Waals surface area contributed by atoms with Gasteiger partial charge in [0.1, 0.15) is 5.82 Å². The van der Waals surface area contributed by atoms with Gasteiger partial charge in [0.25, 0.3) is 5.91 Å². The first kappa shape index (κ1) is 21.7. The van der Waals surface area contributed by atoms with Crippen molar-refractivity contribution in [2.24, 2.45) is 0 Å². The molecule has 1 atom stereocenters. The number of amides is 1. The van der Waals surface area contributed by atoms with Gasteiger partial charge in [0.15, 0.2) is 5.13 Å². The highest BCUT2D eigenvalue weighted by Gasteiger charge is 2.27. The van der Waals surface area contributed by atoms with Gasteiger partial charge >= 0.3 is 0 Å². The van der Waals surface area contributed by atoms with Gasteiger partial charge in [-0.1, -0.05) is 32.9 Å². The normalized spacial score (nSPS) is 16.5. The maximum absolute atomic E-state index is 13.5. The van der Waals surface area contributed by atoms with Crippen LogP contribution in [-0.4, -0.2) is 30.1 Å². The lowest BCUT2D eigenvalue weighted by atomic mass is 9.86. The lowest BCUT2D eigenvalue weighted by molar-refractivity contribution is 0.0917. The molecule has 1 saturated heterocycles. The third-order valence-electron chi connectivity index (χ3n) is 5.52. The molecular weight excluding hydrogens is 411 g/mol. The number of carbonyl (C=O) groups excluding carboxylic acids is 1. The number of hydrogen-bond donors (Lipinski definition) is 0. The first-order valence-corrected chi connectivity index (χ1v) is 11.4. The van der Waals surface area contributed by atoms with E-state index in [2.05, 4.69) is 20.8 Å². The SMILES string of the molecule is CC(C)(C)c1ccc(C(=O)N(C[C@@H]2CCCO2)c2nc(-c3ccc(F)cc3)cs2)cc1. The third-order valence-corrected chi connectivity index (χ3v) is 6.38. The molecule has 0 N–H and O–H groups in total. The summed E-state index contributed by atoms with van der Waals surface area (Å²) in [6.45, 7) is 7.65. The van der Waals surface area contributed by atoms with Crippen LogP contribution < -0.4 is 4.90 Å². The quantitative estimate of drug-likeness (QED) is 0.485. The molecule has 1 aromatic heterocycles. The fourth-order valence-electron chi connectivity index (χ4n) is 3.65. The Kier molecular flexibility index (Phi) is 6.21. The monoisotopic (exact) mass is 438 g/mol. The van der Waals surface area contributed by atoms with Crippen LogP contribution in [0.5, 0.6) is 0 Å². The van der Waals surface area contributed by atoms with E-state index >= 15 is 0 Å². The van der Waals surface area contributed by atoms with E-state index < -0.39 is 0 Å². The number of halogens is 1. The number of rotatable bonds is 5. The molecule has 0 radical (unpaired) electrons. The highest BCUT2D eigenvalue weighted by atomic mass is 32.1. The topological polar surface area (TPSA) is 42.4 Å². The lowest BCUT2D eigenvalue weighted by Gasteiger charge is -2.24. The van der Waals surface area contributed by atoms with Crippen molar-refractivity contribution in [1.82, 2.24) is 4.98 Å². The summed E-state index contributed by atoms with van der Waals surface area (Å²) in [5.74, 6) is -0.371. The van der Waals surface area contributed by atoms with Crippen LogP contribution in [0.3, 0.4) is 0 Å². The van der Waals surface area contributed by atoms with Gasteiger partial charge in [-0.25, -0.2) is 9.37 Å². The maximum atomic E-state index is 13.5. The average molecular weight is 439 g/mol. The van der Waals surface area contributed by atoms with E-state index in [4.69, 9.17) is 9.72 Å². The Hall–Kier alpha value is -2.57. The molecule has 0 unspecified atom stereocenters. The van der Waals surface area contributed by atoms with Crippen molar-refractivity contribution in [2.45, 2.75) is 45.1 Å². The van der Waals surface area contributed by atoms with Gasteiger partial charge in [-0.05, 0) is 60.2 Å². The van der Waals surface area contributed by atoms with Crippen LogP contribution >= 0.6 is 11.3 Å². The van der Waals surface area contributed by atoms with E-state index in [1.54, 1.807) is 17.0 Å². The van der Waals surface area contributed by atoms with Crippen LogP contribution in [0, 0.1) is 5.82 Å². The predicted octanol–water partition coefficient (Wildman–Crippen LogP) is 6.07. The number of hydrogen-bond acceptors (Lipinski definition) is 4. The minimum absolute atomic E-state index is 0.0102. The first-order valence-electron chi connectivity index (χ1n) is 10.6. The average Bonchev–Trinajstić information content (AvgIpc) is 3.44. The third kappa shape index (κ3) is 5.02. The molecule has 2 heterocycles. The molecule has 2 aromatic carbocycles. The van der Waals surface area contributed by atoms with E-state index in [1.165, 1.54) is 29.0 Å². The standard InChI is InChI=1S/C25H27FN2O2S/c1-25(2,3)19-10-6-18(7-11-19)23(29)28(15-21-5-4-14-30-21)24-27-22(16-31-24)17-8-12-20(26)13-9-17/h6-13,16,21H,4-5,14-15H2,1-3H3/t21-/m0/s1. The molecule has 1 amide bonds. The summed E-state index contributed by atoms with van der Waals surface area (Å²) >= 11 is 1.42. The molecule has 6 heteroatoms. The van der Waals surface area contributed by atoms with Gasteiger partial charge in [-0.3, -0.25) is 9.69 Å². The van der Waals surface area contributed by atoms with Crippen molar-refractivity contribution >= 4 is 22.4 Å². The van der Waals surface area contributed by atoms with Gasteiger partial charge < -0.3 is 4.74 Å². The van der Waals surface area contributed by atoms with E-state index in [-0.39, 0.29) is 23.2 Å². The number of carbonyl (C=O) groups is 1. The second-order valence-electron chi connectivity index (χ2n) is 8.90. The molecular formula is C25H27FN2O2S. The Morgan fingerprint density at radius 3 is 2.48 bits per heavy atom. The summed E-state index contributed by atoms with van der Waals surface area (Å²) in [4.78, 5) is 19.9. The molecule has 0 aliphatic carbocycles. The van der Waals surface area contributed by atoms with Crippen LogP contribution in [0.15, 0.2) is 53.9 Å². The molecule has 4 rings (SSSR count). The molecule has 4 nitrogen and oxygen atoms in total. The number of aromatic nitrogens is 1. The van der Waals surface area contributed by atoms with Crippen LogP contribution in [0.25, 0.3) is 11.3 Å². The number of anilines is 1. The van der Waals surface area contributed by atoms with Gasteiger partial charge in [0, 0.05) is 23.1 Å². The zero-order valence-corrected chi connectivity index (χ0v) is 18.9. The number of thiazole rings is 1. The zero-order chi connectivity index (χ0) is 22.0. The smallest absolute Gasteiger partial charge is 0.260 e. The second kappa shape index (κ2) is 8.89. The van der Waals surface area contributed by atoms with Crippen LogP contribution in [0.1, 0.15) is 49.5 Å². The highest BCUT2D eigenvalue weighted by molar-refractivity contribution is 7.14. The molecule has 31 heavy (non-hydrogen) atoms.